The van der Waals surface area contributed by atoms with Crippen LogP contribution in [0.15, 0.2) is 60.7 Å². The SMILES string of the molecule is COc1ccc(C(=O)NC2CCN(C(=O)c3ccccc3-c3ccc(OC)nn3)CC2)cc1. The van der Waals surface area contributed by atoms with E-state index < -0.39 is 0 Å². The highest BCUT2D eigenvalue weighted by Crippen LogP contribution is 2.25. The van der Waals surface area contributed by atoms with Crippen molar-refractivity contribution in [1.29, 1.82) is 0 Å². The summed E-state index contributed by atoms with van der Waals surface area (Å²) in [7, 11) is 3.12. The Morgan fingerprint density at radius 1 is 0.909 bits per heavy atom. The molecule has 4 rings (SSSR count). The van der Waals surface area contributed by atoms with Crippen LogP contribution in [0.3, 0.4) is 0 Å². The fraction of sp³-hybridized carbons (Fsp3) is 0.280. The number of carbonyl (C=O) groups is 2. The van der Waals surface area contributed by atoms with Gasteiger partial charge in [-0.15, -0.1) is 10.2 Å². The number of rotatable bonds is 6. The molecule has 8 nitrogen and oxygen atoms in total. The molecule has 0 bridgehead atoms. The van der Waals surface area contributed by atoms with E-state index in [9.17, 15) is 9.59 Å². The van der Waals surface area contributed by atoms with Crippen molar-refractivity contribution in [1.82, 2.24) is 20.4 Å². The van der Waals surface area contributed by atoms with E-state index in [0.717, 1.165) is 5.56 Å². The maximum Gasteiger partial charge on any atom is 0.254 e. The minimum atomic E-state index is -0.120. The van der Waals surface area contributed by atoms with E-state index >= 15 is 0 Å². The number of nitrogens with one attached hydrogen (secondary N) is 1. The standard InChI is InChI=1S/C25H26N4O4/c1-32-19-9-7-17(8-10-19)24(30)26-18-13-15-29(16-14-18)25(31)21-6-4-3-5-20(21)22-11-12-23(33-2)28-27-22/h3-12,18H,13-16H2,1-2H3,(H,26,30). The second kappa shape index (κ2) is 10.1. The number of likely N-dealkylation sites (tertiary alicyclic amines) is 1. The lowest BCUT2D eigenvalue weighted by Crippen LogP contribution is -2.46. The number of piperidine rings is 1. The molecule has 1 aliphatic heterocycles. The van der Waals surface area contributed by atoms with Gasteiger partial charge < -0.3 is 19.7 Å². The van der Waals surface area contributed by atoms with Crippen molar-refractivity contribution < 1.29 is 19.1 Å². The van der Waals surface area contributed by atoms with Crippen molar-refractivity contribution in [3.8, 4) is 22.9 Å². The molecule has 1 aromatic heterocycles. The summed E-state index contributed by atoms with van der Waals surface area (Å²) >= 11 is 0. The van der Waals surface area contributed by atoms with Gasteiger partial charge in [-0.1, -0.05) is 18.2 Å². The number of benzene rings is 2. The number of amides is 2. The Balaban J connectivity index is 1.39. The Kier molecular flexibility index (Phi) is 6.83. The molecule has 2 aromatic carbocycles. The van der Waals surface area contributed by atoms with E-state index in [1.54, 1.807) is 49.6 Å². The summed E-state index contributed by atoms with van der Waals surface area (Å²) in [6.07, 6.45) is 1.39. The normalized spacial score (nSPS) is 13.9. The van der Waals surface area contributed by atoms with Crippen LogP contribution in [0, 0.1) is 0 Å². The predicted molar refractivity (Wildman–Crippen MR) is 123 cm³/mol. The van der Waals surface area contributed by atoms with Gasteiger partial charge in [0.2, 0.25) is 5.88 Å². The molecular formula is C25H26N4O4. The summed E-state index contributed by atoms with van der Waals surface area (Å²) in [5, 5.41) is 11.3. The summed E-state index contributed by atoms with van der Waals surface area (Å²) < 4.78 is 10.2. The zero-order chi connectivity index (χ0) is 23.2. The zero-order valence-electron chi connectivity index (χ0n) is 18.7. The van der Waals surface area contributed by atoms with E-state index in [-0.39, 0.29) is 17.9 Å². The number of hydrogen-bond acceptors (Lipinski definition) is 6. The first-order valence-electron chi connectivity index (χ1n) is 10.8. The number of methoxy groups -OCH3 is 2. The van der Waals surface area contributed by atoms with E-state index in [2.05, 4.69) is 15.5 Å². The lowest BCUT2D eigenvalue weighted by molar-refractivity contribution is 0.0699. The van der Waals surface area contributed by atoms with Crippen LogP contribution in [-0.2, 0) is 0 Å². The number of nitrogens with zero attached hydrogens (tertiary/aromatic N) is 3. The van der Waals surface area contributed by atoms with Crippen LogP contribution in [0.1, 0.15) is 33.6 Å². The average Bonchev–Trinajstić information content (AvgIpc) is 2.89. The fourth-order valence-electron chi connectivity index (χ4n) is 3.87. The van der Waals surface area contributed by atoms with Gasteiger partial charge >= 0.3 is 0 Å². The van der Waals surface area contributed by atoms with Crippen LogP contribution >= 0.6 is 0 Å². The Morgan fingerprint density at radius 3 is 2.27 bits per heavy atom. The Labute approximate surface area is 192 Å². The molecular weight excluding hydrogens is 420 g/mol. The quantitative estimate of drug-likeness (QED) is 0.625. The number of hydrogen-bond donors (Lipinski definition) is 1. The number of carbonyl (C=O) groups excluding carboxylic acids is 2. The molecule has 1 aliphatic rings. The maximum atomic E-state index is 13.3. The highest BCUT2D eigenvalue weighted by atomic mass is 16.5. The van der Waals surface area contributed by atoms with Gasteiger partial charge in [-0.05, 0) is 49.2 Å². The number of aromatic nitrogens is 2. The first-order valence-corrected chi connectivity index (χ1v) is 10.8. The van der Waals surface area contributed by atoms with Gasteiger partial charge in [-0.3, -0.25) is 9.59 Å². The molecule has 0 unspecified atom stereocenters. The third-order valence-corrected chi connectivity index (χ3v) is 5.75. The monoisotopic (exact) mass is 446 g/mol. The van der Waals surface area contributed by atoms with E-state index in [1.165, 1.54) is 7.11 Å². The van der Waals surface area contributed by atoms with Crippen molar-refractivity contribution in [2.24, 2.45) is 0 Å². The molecule has 1 fully saturated rings. The van der Waals surface area contributed by atoms with E-state index in [1.807, 2.05) is 23.1 Å². The van der Waals surface area contributed by atoms with Gasteiger partial charge in [0.05, 0.1) is 19.9 Å². The van der Waals surface area contributed by atoms with Gasteiger partial charge in [0.1, 0.15) is 5.75 Å². The second-order valence-corrected chi connectivity index (χ2v) is 7.77. The van der Waals surface area contributed by atoms with Gasteiger partial charge in [-0.2, -0.15) is 0 Å². The summed E-state index contributed by atoms with van der Waals surface area (Å²) in [5.74, 6) is 0.953. The Hall–Kier alpha value is -3.94. The highest BCUT2D eigenvalue weighted by Gasteiger charge is 2.26. The van der Waals surface area contributed by atoms with Crippen molar-refractivity contribution in [2.45, 2.75) is 18.9 Å². The topological polar surface area (TPSA) is 93.7 Å². The van der Waals surface area contributed by atoms with Crippen LogP contribution in [0.25, 0.3) is 11.3 Å². The third kappa shape index (κ3) is 5.11. The molecule has 3 aromatic rings. The van der Waals surface area contributed by atoms with Crippen molar-refractivity contribution in [3.63, 3.8) is 0 Å². The molecule has 0 atom stereocenters. The van der Waals surface area contributed by atoms with E-state index in [0.29, 0.717) is 54.4 Å². The van der Waals surface area contributed by atoms with Crippen LogP contribution < -0.4 is 14.8 Å². The van der Waals surface area contributed by atoms with Crippen molar-refractivity contribution in [3.05, 3.63) is 71.8 Å². The van der Waals surface area contributed by atoms with Crippen LogP contribution in [-0.4, -0.2) is 60.3 Å². The lowest BCUT2D eigenvalue weighted by atomic mass is 10.00. The third-order valence-electron chi connectivity index (χ3n) is 5.75. The first kappa shape index (κ1) is 22.3. The largest absolute Gasteiger partial charge is 0.497 e. The Morgan fingerprint density at radius 2 is 1.64 bits per heavy atom. The fourth-order valence-corrected chi connectivity index (χ4v) is 3.87. The van der Waals surface area contributed by atoms with Gasteiger partial charge in [0.15, 0.2) is 0 Å². The minimum Gasteiger partial charge on any atom is -0.497 e. The zero-order valence-corrected chi connectivity index (χ0v) is 18.7. The smallest absolute Gasteiger partial charge is 0.254 e. The van der Waals surface area contributed by atoms with Gasteiger partial charge in [0, 0.05) is 41.9 Å². The molecule has 170 valence electrons. The molecule has 1 saturated heterocycles. The predicted octanol–water partition coefficient (Wildman–Crippen LogP) is 3.20. The Bertz CT molecular complexity index is 1110. The summed E-state index contributed by atoms with van der Waals surface area (Å²) in [6, 6.07) is 17.9. The molecule has 1 N–H and O–H groups in total. The molecule has 0 saturated carbocycles. The van der Waals surface area contributed by atoms with Crippen LogP contribution in [0.4, 0.5) is 0 Å². The number of ether oxygens (including phenoxy) is 2. The van der Waals surface area contributed by atoms with Crippen molar-refractivity contribution in [2.75, 3.05) is 27.3 Å². The minimum absolute atomic E-state index is 0.0198. The lowest BCUT2D eigenvalue weighted by Gasteiger charge is -2.32. The van der Waals surface area contributed by atoms with Crippen LogP contribution in [0.2, 0.25) is 0 Å². The van der Waals surface area contributed by atoms with Crippen LogP contribution in [0.5, 0.6) is 11.6 Å². The molecule has 0 aliphatic carbocycles. The summed E-state index contributed by atoms with van der Waals surface area (Å²) in [4.78, 5) is 27.6. The highest BCUT2D eigenvalue weighted by molar-refractivity contribution is 6.00. The molecule has 0 radical (unpaired) electrons. The first-order chi connectivity index (χ1) is 16.1. The average molecular weight is 447 g/mol. The maximum absolute atomic E-state index is 13.3. The van der Waals surface area contributed by atoms with Gasteiger partial charge in [0.25, 0.3) is 11.8 Å². The second-order valence-electron chi connectivity index (χ2n) is 7.77. The molecule has 2 amide bonds. The molecule has 0 spiro atoms. The van der Waals surface area contributed by atoms with E-state index in [4.69, 9.17) is 9.47 Å². The molecule has 2 heterocycles. The molecule has 33 heavy (non-hydrogen) atoms. The van der Waals surface area contributed by atoms with Gasteiger partial charge in [-0.25, -0.2) is 0 Å². The summed E-state index contributed by atoms with van der Waals surface area (Å²) in [6.45, 7) is 1.13. The summed E-state index contributed by atoms with van der Waals surface area (Å²) in [5.41, 5.74) is 2.51. The van der Waals surface area contributed by atoms with Crippen molar-refractivity contribution >= 4 is 11.8 Å². The molecule has 8 heteroatoms.